The van der Waals surface area contributed by atoms with E-state index >= 15 is 0 Å². The van der Waals surface area contributed by atoms with Gasteiger partial charge in [-0.2, -0.15) is 0 Å². The van der Waals surface area contributed by atoms with Crippen molar-refractivity contribution in [2.24, 2.45) is 0 Å². The van der Waals surface area contributed by atoms with Crippen LogP contribution in [0.3, 0.4) is 0 Å². The van der Waals surface area contributed by atoms with Gasteiger partial charge in [0.1, 0.15) is 5.82 Å². The summed E-state index contributed by atoms with van der Waals surface area (Å²) in [5, 5.41) is 7.73. The van der Waals surface area contributed by atoms with Crippen molar-refractivity contribution in [1.29, 1.82) is 0 Å². The van der Waals surface area contributed by atoms with Crippen LogP contribution in [0.25, 0.3) is 10.8 Å². The fourth-order valence-electron chi connectivity index (χ4n) is 4.16. The zero-order valence-electron chi connectivity index (χ0n) is 17.3. The second-order valence-electron chi connectivity index (χ2n) is 7.85. The Morgan fingerprint density at radius 2 is 1.55 bits per heavy atom. The number of likely N-dealkylation sites (tertiary alicyclic amines) is 1. The lowest BCUT2D eigenvalue weighted by atomic mass is 9.97. The van der Waals surface area contributed by atoms with Gasteiger partial charge in [0.15, 0.2) is 0 Å². The van der Waals surface area contributed by atoms with E-state index in [1.807, 2.05) is 18.2 Å². The van der Waals surface area contributed by atoms with Crippen molar-refractivity contribution < 1.29 is 14.0 Å². The third-order valence-corrected chi connectivity index (χ3v) is 5.79. The van der Waals surface area contributed by atoms with Crippen LogP contribution >= 0.6 is 0 Å². The molecule has 0 bridgehead atoms. The van der Waals surface area contributed by atoms with E-state index in [0.29, 0.717) is 6.54 Å². The molecule has 0 aromatic heterocycles. The van der Waals surface area contributed by atoms with Crippen LogP contribution in [0.2, 0.25) is 0 Å². The average Bonchev–Trinajstić information content (AvgIpc) is 3.33. The highest BCUT2D eigenvalue weighted by Gasteiger charge is 2.26. The average molecular weight is 420 g/mol. The maximum Gasteiger partial charge on any atom is 0.309 e. The number of halogens is 1. The maximum absolute atomic E-state index is 13.0. The SMILES string of the molecule is O=C(NCc1ccc(F)cc1)C(=O)NC[C@@H](c1cccc2ccccc12)N1CCCC1. The fraction of sp³-hybridized carbons (Fsp3) is 0.280. The van der Waals surface area contributed by atoms with Crippen LogP contribution in [0.4, 0.5) is 4.39 Å². The number of hydrogen-bond acceptors (Lipinski definition) is 3. The number of nitrogens with one attached hydrogen (secondary N) is 2. The Balaban J connectivity index is 1.43. The minimum atomic E-state index is -0.692. The molecule has 1 atom stereocenters. The summed E-state index contributed by atoms with van der Waals surface area (Å²) in [7, 11) is 0. The molecule has 3 aromatic carbocycles. The third kappa shape index (κ3) is 5.09. The molecular weight excluding hydrogens is 393 g/mol. The number of nitrogens with zero attached hydrogens (tertiary/aromatic N) is 1. The highest BCUT2D eigenvalue weighted by molar-refractivity contribution is 6.35. The lowest BCUT2D eigenvalue weighted by molar-refractivity contribution is -0.139. The standard InChI is InChI=1S/C25H26FN3O2/c26-20-12-10-18(11-13-20)16-27-24(30)25(31)28-17-23(29-14-3-4-15-29)22-9-5-7-19-6-1-2-8-21(19)22/h1-2,5-13,23H,3-4,14-17H2,(H,27,30)(H,28,31)/t23-/m0/s1. The minimum absolute atomic E-state index is 0.00227. The van der Waals surface area contributed by atoms with Gasteiger partial charge in [0.25, 0.3) is 0 Å². The zero-order valence-corrected chi connectivity index (χ0v) is 17.3. The van der Waals surface area contributed by atoms with Crippen LogP contribution in [-0.4, -0.2) is 36.3 Å². The molecule has 31 heavy (non-hydrogen) atoms. The first-order valence-corrected chi connectivity index (χ1v) is 10.6. The Kier molecular flexibility index (Phi) is 6.57. The molecule has 0 unspecified atom stereocenters. The van der Waals surface area contributed by atoms with Crippen LogP contribution in [0.5, 0.6) is 0 Å². The van der Waals surface area contributed by atoms with E-state index in [1.54, 1.807) is 12.1 Å². The molecule has 5 nitrogen and oxygen atoms in total. The lowest BCUT2D eigenvalue weighted by Gasteiger charge is -2.29. The molecule has 1 saturated heterocycles. The van der Waals surface area contributed by atoms with Crippen molar-refractivity contribution in [3.8, 4) is 0 Å². The zero-order chi connectivity index (χ0) is 21.6. The van der Waals surface area contributed by atoms with Gasteiger partial charge in [0.05, 0.1) is 6.04 Å². The summed E-state index contributed by atoms with van der Waals surface area (Å²) in [5.41, 5.74) is 1.89. The predicted molar refractivity (Wildman–Crippen MR) is 119 cm³/mol. The van der Waals surface area contributed by atoms with Gasteiger partial charge in [-0.25, -0.2) is 4.39 Å². The molecule has 0 spiro atoms. The molecular formula is C25H26FN3O2. The van der Waals surface area contributed by atoms with Gasteiger partial charge in [-0.05, 0) is 60.0 Å². The van der Waals surface area contributed by atoms with Gasteiger partial charge in [0, 0.05) is 13.1 Å². The van der Waals surface area contributed by atoms with Crippen LogP contribution in [0, 0.1) is 5.82 Å². The van der Waals surface area contributed by atoms with E-state index in [-0.39, 0.29) is 18.4 Å². The molecule has 1 fully saturated rings. The first-order valence-electron chi connectivity index (χ1n) is 10.6. The second-order valence-corrected chi connectivity index (χ2v) is 7.85. The van der Waals surface area contributed by atoms with E-state index < -0.39 is 11.8 Å². The van der Waals surface area contributed by atoms with E-state index in [9.17, 15) is 14.0 Å². The summed E-state index contributed by atoms with van der Waals surface area (Å²) in [6, 6.07) is 20.3. The summed E-state index contributed by atoms with van der Waals surface area (Å²) in [6.45, 7) is 2.48. The molecule has 2 amide bonds. The highest BCUT2D eigenvalue weighted by atomic mass is 19.1. The summed E-state index contributed by atoms with van der Waals surface area (Å²) in [6.07, 6.45) is 2.26. The molecule has 0 radical (unpaired) electrons. The van der Waals surface area contributed by atoms with Gasteiger partial charge < -0.3 is 10.6 Å². The van der Waals surface area contributed by atoms with Crippen molar-refractivity contribution in [1.82, 2.24) is 15.5 Å². The number of carbonyl (C=O) groups excluding carboxylic acids is 2. The quantitative estimate of drug-likeness (QED) is 0.601. The van der Waals surface area contributed by atoms with Crippen molar-refractivity contribution in [2.75, 3.05) is 19.6 Å². The Morgan fingerprint density at radius 3 is 2.32 bits per heavy atom. The molecule has 6 heteroatoms. The smallest absolute Gasteiger partial charge is 0.309 e. The first kappa shape index (κ1) is 21.0. The third-order valence-electron chi connectivity index (χ3n) is 5.79. The Hall–Kier alpha value is -3.25. The number of rotatable bonds is 6. The largest absolute Gasteiger partial charge is 0.346 e. The van der Waals surface area contributed by atoms with Crippen LogP contribution in [-0.2, 0) is 16.1 Å². The van der Waals surface area contributed by atoms with Crippen molar-refractivity contribution in [3.63, 3.8) is 0 Å². The van der Waals surface area contributed by atoms with E-state index in [0.717, 1.165) is 47.8 Å². The molecule has 0 aliphatic carbocycles. The van der Waals surface area contributed by atoms with Gasteiger partial charge in [0.2, 0.25) is 0 Å². The van der Waals surface area contributed by atoms with Gasteiger partial charge in [-0.1, -0.05) is 54.6 Å². The molecule has 4 rings (SSSR count). The topological polar surface area (TPSA) is 61.4 Å². The number of fused-ring (bicyclic) bond motifs is 1. The molecule has 1 heterocycles. The summed E-state index contributed by atoms with van der Waals surface area (Å²) < 4.78 is 13.0. The second kappa shape index (κ2) is 9.71. The molecule has 1 aliphatic heterocycles. The van der Waals surface area contributed by atoms with Crippen LogP contribution in [0.15, 0.2) is 66.7 Å². The number of carbonyl (C=O) groups is 2. The fourth-order valence-corrected chi connectivity index (χ4v) is 4.16. The molecule has 1 aliphatic rings. The molecule has 2 N–H and O–H groups in total. The van der Waals surface area contributed by atoms with Gasteiger partial charge in [-0.3, -0.25) is 14.5 Å². The number of hydrogen-bond donors (Lipinski definition) is 2. The summed E-state index contributed by atoms with van der Waals surface area (Å²) in [5.74, 6) is -1.69. The summed E-state index contributed by atoms with van der Waals surface area (Å²) >= 11 is 0. The number of amides is 2. The van der Waals surface area contributed by atoms with Crippen molar-refractivity contribution >= 4 is 22.6 Å². The van der Waals surface area contributed by atoms with Crippen LogP contribution < -0.4 is 10.6 Å². The molecule has 160 valence electrons. The number of benzene rings is 3. The molecule has 3 aromatic rings. The highest BCUT2D eigenvalue weighted by Crippen LogP contribution is 2.30. The normalized spacial score (nSPS) is 15.0. The summed E-state index contributed by atoms with van der Waals surface area (Å²) in [4.78, 5) is 27.1. The minimum Gasteiger partial charge on any atom is -0.346 e. The van der Waals surface area contributed by atoms with Gasteiger partial charge >= 0.3 is 11.8 Å². The first-order chi connectivity index (χ1) is 15.1. The van der Waals surface area contributed by atoms with Gasteiger partial charge in [-0.15, -0.1) is 0 Å². The predicted octanol–water partition coefficient (Wildman–Crippen LogP) is 3.55. The monoisotopic (exact) mass is 419 g/mol. The Labute approximate surface area is 181 Å². The lowest BCUT2D eigenvalue weighted by Crippen LogP contribution is -2.43. The Bertz CT molecular complexity index is 1060. The maximum atomic E-state index is 13.0. The van der Waals surface area contributed by atoms with Crippen molar-refractivity contribution in [2.45, 2.75) is 25.4 Å². The van der Waals surface area contributed by atoms with E-state index in [1.165, 1.54) is 12.1 Å². The Morgan fingerprint density at radius 1 is 0.871 bits per heavy atom. The van der Waals surface area contributed by atoms with Crippen LogP contribution in [0.1, 0.15) is 30.0 Å². The van der Waals surface area contributed by atoms with Crippen molar-refractivity contribution in [3.05, 3.63) is 83.7 Å². The van der Waals surface area contributed by atoms with E-state index in [2.05, 4.69) is 39.8 Å². The van der Waals surface area contributed by atoms with E-state index in [4.69, 9.17) is 0 Å². The molecule has 0 saturated carbocycles.